The van der Waals surface area contributed by atoms with Crippen molar-refractivity contribution in [2.24, 2.45) is 0 Å². The zero-order chi connectivity index (χ0) is 14.4. The summed E-state index contributed by atoms with van der Waals surface area (Å²) in [6.07, 6.45) is 3.65. The molecule has 5 heteroatoms. The van der Waals surface area contributed by atoms with Crippen LogP contribution in [0.2, 0.25) is 0 Å². The summed E-state index contributed by atoms with van der Waals surface area (Å²) >= 11 is 0. The summed E-state index contributed by atoms with van der Waals surface area (Å²) in [5.41, 5.74) is 6.29. The molecule has 1 atom stereocenters. The van der Waals surface area contributed by atoms with Crippen LogP contribution >= 0.6 is 0 Å². The monoisotopic (exact) mass is 278 g/mol. The van der Waals surface area contributed by atoms with Gasteiger partial charge in [0.05, 0.1) is 0 Å². The van der Waals surface area contributed by atoms with E-state index >= 15 is 0 Å². The minimum Gasteiger partial charge on any atom is -0.484 e. The lowest BCUT2D eigenvalue weighted by molar-refractivity contribution is -0.134. The van der Waals surface area contributed by atoms with Gasteiger partial charge >= 0.3 is 0 Å². The Hall–Kier alpha value is -1.75. The van der Waals surface area contributed by atoms with E-state index in [2.05, 4.69) is 0 Å². The minimum absolute atomic E-state index is 0.00728. The number of benzene rings is 1. The summed E-state index contributed by atoms with van der Waals surface area (Å²) < 4.78 is 5.49. The maximum Gasteiger partial charge on any atom is 0.260 e. The average molecular weight is 278 g/mol. The number of aliphatic hydroxyl groups is 1. The van der Waals surface area contributed by atoms with Gasteiger partial charge < -0.3 is 20.5 Å². The van der Waals surface area contributed by atoms with Gasteiger partial charge in [0.25, 0.3) is 5.91 Å². The number of likely N-dealkylation sites (tertiary alicyclic amines) is 1. The fourth-order valence-electron chi connectivity index (χ4n) is 2.62. The van der Waals surface area contributed by atoms with Gasteiger partial charge in [-0.25, -0.2) is 0 Å². The summed E-state index contributed by atoms with van der Waals surface area (Å²) in [7, 11) is 0. The van der Waals surface area contributed by atoms with Crippen LogP contribution in [0.4, 0.5) is 5.69 Å². The quantitative estimate of drug-likeness (QED) is 0.771. The molecule has 0 spiro atoms. The maximum absolute atomic E-state index is 12.2. The number of nitrogens with two attached hydrogens (primary N) is 1. The van der Waals surface area contributed by atoms with E-state index in [-0.39, 0.29) is 25.2 Å². The molecule has 0 radical (unpaired) electrons. The molecule has 20 heavy (non-hydrogen) atoms. The molecule has 1 unspecified atom stereocenters. The van der Waals surface area contributed by atoms with E-state index in [1.54, 1.807) is 24.3 Å². The van der Waals surface area contributed by atoms with E-state index in [1.165, 1.54) is 0 Å². The normalized spacial score (nSPS) is 18.2. The average Bonchev–Trinajstić information content (AvgIpc) is 2.91. The zero-order valence-corrected chi connectivity index (χ0v) is 11.6. The molecular weight excluding hydrogens is 256 g/mol. The lowest BCUT2D eigenvalue weighted by atomic mass is 10.1. The van der Waals surface area contributed by atoms with Crippen LogP contribution in [0.5, 0.6) is 5.75 Å². The van der Waals surface area contributed by atoms with Gasteiger partial charge in [0.1, 0.15) is 5.75 Å². The molecule has 1 aromatic carbocycles. The third-order valence-electron chi connectivity index (χ3n) is 3.61. The Labute approximate surface area is 119 Å². The van der Waals surface area contributed by atoms with E-state index in [1.807, 2.05) is 4.90 Å². The SMILES string of the molecule is Nc1cccc(OCC(=O)N2CCCC2CCCO)c1. The number of amides is 1. The molecule has 2 rings (SSSR count). The molecule has 3 N–H and O–H groups in total. The molecule has 1 fully saturated rings. The molecule has 1 aliphatic rings. The maximum atomic E-state index is 12.2. The van der Waals surface area contributed by atoms with E-state index in [9.17, 15) is 4.79 Å². The number of carbonyl (C=O) groups is 1. The fraction of sp³-hybridized carbons (Fsp3) is 0.533. The van der Waals surface area contributed by atoms with Crippen molar-refractivity contribution in [2.45, 2.75) is 31.7 Å². The highest BCUT2D eigenvalue weighted by atomic mass is 16.5. The summed E-state index contributed by atoms with van der Waals surface area (Å²) in [6.45, 7) is 1.01. The van der Waals surface area contributed by atoms with Crippen LogP contribution in [0, 0.1) is 0 Å². The van der Waals surface area contributed by atoms with Gasteiger partial charge in [-0.15, -0.1) is 0 Å². The van der Waals surface area contributed by atoms with Crippen LogP contribution in [0.1, 0.15) is 25.7 Å². The first-order valence-corrected chi connectivity index (χ1v) is 7.09. The first kappa shape index (κ1) is 14.7. The van der Waals surface area contributed by atoms with Gasteiger partial charge in [-0.3, -0.25) is 4.79 Å². The number of anilines is 1. The second-order valence-corrected chi connectivity index (χ2v) is 5.11. The van der Waals surface area contributed by atoms with Gasteiger partial charge in [0.15, 0.2) is 6.61 Å². The number of aliphatic hydroxyl groups excluding tert-OH is 1. The summed E-state index contributed by atoms with van der Waals surface area (Å²) in [4.78, 5) is 14.1. The van der Waals surface area contributed by atoms with E-state index in [0.717, 1.165) is 32.2 Å². The van der Waals surface area contributed by atoms with E-state index in [0.29, 0.717) is 11.4 Å². The molecule has 0 saturated carbocycles. The highest BCUT2D eigenvalue weighted by Crippen LogP contribution is 2.22. The van der Waals surface area contributed by atoms with Crippen molar-refractivity contribution < 1.29 is 14.6 Å². The van der Waals surface area contributed by atoms with Crippen LogP contribution in [0.15, 0.2) is 24.3 Å². The Morgan fingerprint density at radius 3 is 3.10 bits per heavy atom. The Bertz CT molecular complexity index is 450. The molecular formula is C15H22N2O3. The van der Waals surface area contributed by atoms with Crippen LogP contribution in [-0.4, -0.2) is 41.7 Å². The lowest BCUT2D eigenvalue weighted by Gasteiger charge is -2.24. The second-order valence-electron chi connectivity index (χ2n) is 5.11. The number of nitrogen functional groups attached to an aromatic ring is 1. The first-order chi connectivity index (χ1) is 9.70. The molecule has 0 aliphatic carbocycles. The Kier molecular flexibility index (Phi) is 5.24. The first-order valence-electron chi connectivity index (χ1n) is 7.09. The van der Waals surface area contributed by atoms with Crippen molar-refractivity contribution in [1.29, 1.82) is 0 Å². The molecule has 0 aromatic heterocycles. The number of hydrogen-bond acceptors (Lipinski definition) is 4. The highest BCUT2D eigenvalue weighted by molar-refractivity contribution is 5.78. The molecule has 1 aromatic rings. The van der Waals surface area contributed by atoms with E-state index in [4.69, 9.17) is 15.6 Å². The molecule has 110 valence electrons. The van der Waals surface area contributed by atoms with Crippen molar-refractivity contribution in [1.82, 2.24) is 4.90 Å². The summed E-state index contributed by atoms with van der Waals surface area (Å²) in [5.74, 6) is 0.623. The van der Waals surface area contributed by atoms with Crippen molar-refractivity contribution in [3.8, 4) is 5.75 Å². The molecule has 1 amide bonds. The van der Waals surface area contributed by atoms with Gasteiger partial charge in [-0.05, 0) is 37.8 Å². The predicted octanol–water partition coefficient (Wildman–Crippen LogP) is 1.41. The van der Waals surface area contributed by atoms with Crippen molar-refractivity contribution in [2.75, 3.05) is 25.5 Å². The fourth-order valence-corrected chi connectivity index (χ4v) is 2.62. The highest BCUT2D eigenvalue weighted by Gasteiger charge is 2.28. The van der Waals surface area contributed by atoms with Gasteiger partial charge in [-0.1, -0.05) is 6.07 Å². The number of carbonyl (C=O) groups excluding carboxylic acids is 1. The number of rotatable bonds is 6. The molecule has 1 saturated heterocycles. The number of ether oxygens (including phenoxy) is 1. The summed E-state index contributed by atoms with van der Waals surface area (Å²) in [5, 5.41) is 8.89. The molecule has 1 heterocycles. The van der Waals surface area contributed by atoms with Gasteiger partial charge in [0, 0.05) is 30.9 Å². The van der Waals surface area contributed by atoms with E-state index < -0.39 is 0 Å². The van der Waals surface area contributed by atoms with Crippen molar-refractivity contribution in [3.63, 3.8) is 0 Å². The lowest BCUT2D eigenvalue weighted by Crippen LogP contribution is -2.38. The van der Waals surface area contributed by atoms with Crippen molar-refractivity contribution >= 4 is 11.6 Å². The third-order valence-corrected chi connectivity index (χ3v) is 3.61. The standard InChI is InChI=1S/C15H22N2O3/c16-12-4-1-7-14(10-12)20-11-15(19)17-8-2-5-13(17)6-3-9-18/h1,4,7,10,13,18H,2-3,5-6,8-9,11,16H2. The Morgan fingerprint density at radius 1 is 1.50 bits per heavy atom. The van der Waals surface area contributed by atoms with Crippen molar-refractivity contribution in [3.05, 3.63) is 24.3 Å². The minimum atomic E-state index is 0.00728. The zero-order valence-electron chi connectivity index (χ0n) is 11.6. The third kappa shape index (κ3) is 3.87. The topological polar surface area (TPSA) is 75.8 Å². The van der Waals surface area contributed by atoms with Crippen LogP contribution in [-0.2, 0) is 4.79 Å². The van der Waals surface area contributed by atoms with Gasteiger partial charge in [0.2, 0.25) is 0 Å². The van der Waals surface area contributed by atoms with Crippen LogP contribution < -0.4 is 10.5 Å². The van der Waals surface area contributed by atoms with Crippen LogP contribution in [0.25, 0.3) is 0 Å². The molecule has 1 aliphatic heterocycles. The largest absolute Gasteiger partial charge is 0.484 e. The molecule has 0 bridgehead atoms. The Morgan fingerprint density at radius 2 is 2.35 bits per heavy atom. The molecule has 5 nitrogen and oxygen atoms in total. The summed E-state index contributed by atoms with van der Waals surface area (Å²) in [6, 6.07) is 7.33. The predicted molar refractivity (Wildman–Crippen MR) is 77.4 cm³/mol. The number of hydrogen-bond donors (Lipinski definition) is 2. The number of nitrogens with zero attached hydrogens (tertiary/aromatic N) is 1. The Balaban J connectivity index is 1.84. The van der Waals surface area contributed by atoms with Crippen LogP contribution in [0.3, 0.4) is 0 Å². The van der Waals surface area contributed by atoms with Gasteiger partial charge in [-0.2, -0.15) is 0 Å². The second kappa shape index (κ2) is 7.14. The smallest absolute Gasteiger partial charge is 0.260 e.